The molecule has 0 bridgehead atoms. The van der Waals surface area contributed by atoms with Crippen molar-refractivity contribution in [3.8, 4) is 0 Å². The number of carbonyl (C=O) groups excluding carboxylic acids is 1. The van der Waals surface area contributed by atoms with E-state index < -0.39 is 5.54 Å². The molecular formula is C14H22N2O. The summed E-state index contributed by atoms with van der Waals surface area (Å²) in [6.45, 7) is 10.5. The molecule has 17 heavy (non-hydrogen) atoms. The molecule has 1 aromatic carbocycles. The van der Waals surface area contributed by atoms with E-state index >= 15 is 0 Å². The molecule has 0 saturated heterocycles. The minimum Gasteiger partial charge on any atom is -0.368 e. The lowest BCUT2D eigenvalue weighted by atomic mass is 9.98. The molecule has 0 unspecified atom stereocenters. The highest BCUT2D eigenvalue weighted by molar-refractivity contribution is 5.83. The van der Waals surface area contributed by atoms with Gasteiger partial charge in [-0.2, -0.15) is 0 Å². The number of carbonyl (C=O) groups is 1. The van der Waals surface area contributed by atoms with Crippen molar-refractivity contribution < 1.29 is 4.79 Å². The van der Waals surface area contributed by atoms with Gasteiger partial charge in [0.2, 0.25) is 5.91 Å². The van der Waals surface area contributed by atoms with Crippen LogP contribution in [0.15, 0.2) is 12.1 Å². The van der Waals surface area contributed by atoms with Crippen molar-refractivity contribution in [3.63, 3.8) is 0 Å². The van der Waals surface area contributed by atoms with E-state index in [2.05, 4.69) is 38.2 Å². The van der Waals surface area contributed by atoms with Gasteiger partial charge in [0.1, 0.15) is 0 Å². The van der Waals surface area contributed by atoms with Crippen molar-refractivity contribution in [3.05, 3.63) is 34.4 Å². The monoisotopic (exact) mass is 234 g/mol. The Morgan fingerprint density at radius 1 is 1.24 bits per heavy atom. The third-order valence-electron chi connectivity index (χ3n) is 3.16. The molecule has 0 aliphatic carbocycles. The number of benzene rings is 1. The molecule has 1 amide bonds. The quantitative estimate of drug-likeness (QED) is 0.836. The van der Waals surface area contributed by atoms with Crippen LogP contribution in [0.2, 0.25) is 0 Å². The first-order valence-corrected chi connectivity index (χ1v) is 5.85. The summed E-state index contributed by atoms with van der Waals surface area (Å²) in [5.41, 5.74) is 9.65. The largest absolute Gasteiger partial charge is 0.368 e. The highest BCUT2D eigenvalue weighted by Crippen LogP contribution is 2.17. The van der Waals surface area contributed by atoms with Crippen molar-refractivity contribution in [2.24, 2.45) is 5.73 Å². The van der Waals surface area contributed by atoms with Gasteiger partial charge in [-0.15, -0.1) is 0 Å². The van der Waals surface area contributed by atoms with Gasteiger partial charge in [0.15, 0.2) is 0 Å². The predicted molar refractivity (Wildman–Crippen MR) is 70.8 cm³/mol. The van der Waals surface area contributed by atoms with Crippen LogP contribution in [0.1, 0.15) is 36.1 Å². The lowest BCUT2D eigenvalue weighted by molar-refractivity contribution is -0.123. The van der Waals surface area contributed by atoms with E-state index in [0.29, 0.717) is 6.54 Å². The molecular weight excluding hydrogens is 212 g/mol. The molecule has 0 aliphatic heterocycles. The van der Waals surface area contributed by atoms with Crippen molar-refractivity contribution in [2.45, 2.75) is 46.7 Å². The Bertz CT molecular complexity index is 413. The summed E-state index contributed by atoms with van der Waals surface area (Å²) in [5, 5.41) is 3.20. The molecule has 0 spiro atoms. The fraction of sp³-hybridized carbons (Fsp3) is 0.500. The zero-order valence-electron chi connectivity index (χ0n) is 11.3. The molecule has 94 valence electrons. The Morgan fingerprint density at radius 3 is 2.12 bits per heavy atom. The summed E-state index contributed by atoms with van der Waals surface area (Å²) in [5.74, 6) is -0.333. The number of nitrogens with one attached hydrogen (secondary N) is 1. The summed E-state index contributed by atoms with van der Waals surface area (Å²) in [4.78, 5) is 11.2. The second-order valence-electron chi connectivity index (χ2n) is 5.22. The van der Waals surface area contributed by atoms with Crippen LogP contribution < -0.4 is 11.1 Å². The second-order valence-corrected chi connectivity index (χ2v) is 5.22. The average molecular weight is 234 g/mol. The Kier molecular flexibility index (Phi) is 3.94. The molecule has 0 radical (unpaired) electrons. The highest BCUT2D eigenvalue weighted by atomic mass is 16.1. The van der Waals surface area contributed by atoms with E-state index in [-0.39, 0.29) is 5.91 Å². The van der Waals surface area contributed by atoms with E-state index in [1.807, 2.05) is 0 Å². The summed E-state index contributed by atoms with van der Waals surface area (Å²) in [6.07, 6.45) is 0. The first-order valence-electron chi connectivity index (χ1n) is 5.85. The third kappa shape index (κ3) is 3.30. The van der Waals surface area contributed by atoms with Gasteiger partial charge >= 0.3 is 0 Å². The number of hydrogen-bond acceptors (Lipinski definition) is 2. The molecule has 0 aliphatic rings. The lowest BCUT2D eigenvalue weighted by Gasteiger charge is -2.23. The Morgan fingerprint density at radius 2 is 1.71 bits per heavy atom. The molecule has 0 fully saturated rings. The number of aryl methyl sites for hydroxylation is 3. The number of rotatable bonds is 4. The smallest absolute Gasteiger partial charge is 0.237 e. The van der Waals surface area contributed by atoms with Crippen LogP contribution in [0.3, 0.4) is 0 Å². The summed E-state index contributed by atoms with van der Waals surface area (Å²) < 4.78 is 0. The Labute approximate surface area is 103 Å². The van der Waals surface area contributed by atoms with Gasteiger partial charge in [-0.05, 0) is 51.3 Å². The maximum absolute atomic E-state index is 11.2. The van der Waals surface area contributed by atoms with Gasteiger partial charge < -0.3 is 5.73 Å². The normalized spacial score (nSPS) is 11.6. The second kappa shape index (κ2) is 4.88. The van der Waals surface area contributed by atoms with Crippen molar-refractivity contribution >= 4 is 5.91 Å². The Balaban J connectivity index is 2.87. The van der Waals surface area contributed by atoms with Crippen LogP contribution in [0.25, 0.3) is 0 Å². The minimum absolute atomic E-state index is 0.333. The zero-order chi connectivity index (χ0) is 13.2. The van der Waals surface area contributed by atoms with Gasteiger partial charge in [-0.3, -0.25) is 10.1 Å². The van der Waals surface area contributed by atoms with Crippen LogP contribution in [0, 0.1) is 20.8 Å². The van der Waals surface area contributed by atoms with E-state index in [1.165, 1.54) is 22.3 Å². The molecule has 3 nitrogen and oxygen atoms in total. The average Bonchev–Trinajstić information content (AvgIpc) is 2.15. The predicted octanol–water partition coefficient (Wildman–Crippen LogP) is 1.97. The molecule has 0 aromatic heterocycles. The lowest BCUT2D eigenvalue weighted by Crippen LogP contribution is -2.50. The zero-order valence-corrected chi connectivity index (χ0v) is 11.3. The first kappa shape index (κ1) is 13.7. The van der Waals surface area contributed by atoms with Crippen LogP contribution >= 0.6 is 0 Å². The molecule has 1 aromatic rings. The number of hydrogen-bond donors (Lipinski definition) is 2. The first-order chi connectivity index (χ1) is 7.74. The fourth-order valence-corrected chi connectivity index (χ4v) is 1.89. The van der Waals surface area contributed by atoms with Gasteiger partial charge in [0, 0.05) is 6.54 Å². The van der Waals surface area contributed by atoms with Crippen molar-refractivity contribution in [1.82, 2.24) is 5.32 Å². The number of amides is 1. The summed E-state index contributed by atoms with van der Waals surface area (Å²) in [6, 6.07) is 4.31. The minimum atomic E-state index is -0.677. The summed E-state index contributed by atoms with van der Waals surface area (Å²) >= 11 is 0. The van der Waals surface area contributed by atoms with Gasteiger partial charge in [-0.1, -0.05) is 17.7 Å². The van der Waals surface area contributed by atoms with E-state index in [4.69, 9.17) is 5.73 Å². The molecule has 0 heterocycles. The SMILES string of the molecule is Cc1cc(C)c(CNC(C)(C)C(N)=O)c(C)c1. The molecule has 1 rings (SSSR count). The third-order valence-corrected chi connectivity index (χ3v) is 3.16. The topological polar surface area (TPSA) is 55.1 Å². The molecule has 3 heteroatoms. The summed E-state index contributed by atoms with van der Waals surface area (Å²) in [7, 11) is 0. The Hall–Kier alpha value is -1.35. The molecule has 0 atom stereocenters. The van der Waals surface area contributed by atoms with E-state index in [9.17, 15) is 4.79 Å². The molecule has 0 saturated carbocycles. The van der Waals surface area contributed by atoms with Gasteiger partial charge in [0.25, 0.3) is 0 Å². The van der Waals surface area contributed by atoms with E-state index in [1.54, 1.807) is 13.8 Å². The van der Waals surface area contributed by atoms with Crippen LogP contribution in [0.5, 0.6) is 0 Å². The van der Waals surface area contributed by atoms with Gasteiger partial charge in [-0.25, -0.2) is 0 Å². The maximum Gasteiger partial charge on any atom is 0.237 e. The van der Waals surface area contributed by atoms with Crippen molar-refractivity contribution in [1.29, 1.82) is 0 Å². The number of primary amides is 1. The van der Waals surface area contributed by atoms with Gasteiger partial charge in [0.05, 0.1) is 5.54 Å². The van der Waals surface area contributed by atoms with Crippen LogP contribution in [0.4, 0.5) is 0 Å². The van der Waals surface area contributed by atoms with E-state index in [0.717, 1.165) is 0 Å². The van der Waals surface area contributed by atoms with Crippen LogP contribution in [-0.2, 0) is 11.3 Å². The number of nitrogens with two attached hydrogens (primary N) is 1. The standard InChI is InChI=1S/C14H22N2O/c1-9-6-10(2)12(11(3)7-9)8-16-14(4,5)13(15)17/h6-7,16H,8H2,1-5H3,(H2,15,17). The highest BCUT2D eigenvalue weighted by Gasteiger charge is 2.24. The van der Waals surface area contributed by atoms with Crippen LogP contribution in [-0.4, -0.2) is 11.4 Å². The fourth-order valence-electron chi connectivity index (χ4n) is 1.89. The van der Waals surface area contributed by atoms with Crippen molar-refractivity contribution in [2.75, 3.05) is 0 Å². The molecule has 3 N–H and O–H groups in total. The maximum atomic E-state index is 11.2.